The number of anilines is 1. The highest BCUT2D eigenvalue weighted by Gasteiger charge is 2.25. The highest BCUT2D eigenvalue weighted by atomic mass is 19.1. The molecule has 5 nitrogen and oxygen atoms in total. The van der Waals surface area contributed by atoms with E-state index in [1.54, 1.807) is 24.3 Å². The maximum Gasteiger partial charge on any atom is 0.319 e. The van der Waals surface area contributed by atoms with Crippen LogP contribution in [0.3, 0.4) is 0 Å². The van der Waals surface area contributed by atoms with Crippen LogP contribution >= 0.6 is 0 Å². The molecule has 154 valence electrons. The number of hydrogen-bond donors (Lipinski definition) is 2. The van der Waals surface area contributed by atoms with E-state index in [2.05, 4.69) is 10.6 Å². The first kappa shape index (κ1) is 20.8. The molecule has 0 aromatic heterocycles. The van der Waals surface area contributed by atoms with E-state index in [0.29, 0.717) is 24.3 Å². The predicted octanol–water partition coefficient (Wildman–Crippen LogP) is 4.68. The maximum absolute atomic E-state index is 13.5. The van der Waals surface area contributed by atoms with Gasteiger partial charge < -0.3 is 15.5 Å². The molecule has 3 rings (SSSR count). The second-order valence-corrected chi connectivity index (χ2v) is 7.90. The second-order valence-electron chi connectivity index (χ2n) is 7.90. The minimum absolute atomic E-state index is 0.0273. The SMILES string of the molecule is Cc1ccc(C(=O)N2CCC(c3cccc(F)c3)CC2)cc1NC(=O)NC(C)C. The van der Waals surface area contributed by atoms with Crippen molar-refractivity contribution in [3.63, 3.8) is 0 Å². The minimum Gasteiger partial charge on any atom is -0.339 e. The molecule has 1 aliphatic heterocycles. The number of halogens is 1. The average Bonchev–Trinajstić information content (AvgIpc) is 2.68. The summed E-state index contributed by atoms with van der Waals surface area (Å²) in [6, 6.07) is 11.8. The number of carbonyl (C=O) groups is 2. The molecule has 29 heavy (non-hydrogen) atoms. The van der Waals surface area contributed by atoms with E-state index in [9.17, 15) is 14.0 Å². The van der Waals surface area contributed by atoms with E-state index in [1.165, 1.54) is 6.07 Å². The molecule has 0 aliphatic carbocycles. The fraction of sp³-hybridized carbons (Fsp3) is 0.391. The van der Waals surface area contributed by atoms with Crippen molar-refractivity contribution in [3.05, 3.63) is 65.0 Å². The molecule has 1 heterocycles. The van der Waals surface area contributed by atoms with Gasteiger partial charge in [-0.05, 0) is 74.9 Å². The van der Waals surface area contributed by atoms with Crippen LogP contribution in [-0.2, 0) is 0 Å². The molecule has 0 unspecified atom stereocenters. The normalized spacial score (nSPS) is 14.7. The number of carbonyl (C=O) groups excluding carboxylic acids is 2. The lowest BCUT2D eigenvalue weighted by Gasteiger charge is -2.32. The summed E-state index contributed by atoms with van der Waals surface area (Å²) in [6.07, 6.45) is 1.62. The molecule has 3 amide bonds. The first-order valence-corrected chi connectivity index (χ1v) is 10.1. The first-order valence-electron chi connectivity index (χ1n) is 10.1. The van der Waals surface area contributed by atoms with Gasteiger partial charge >= 0.3 is 6.03 Å². The Hall–Kier alpha value is -2.89. The summed E-state index contributed by atoms with van der Waals surface area (Å²) < 4.78 is 13.5. The monoisotopic (exact) mass is 397 g/mol. The highest BCUT2D eigenvalue weighted by molar-refractivity contribution is 5.97. The highest BCUT2D eigenvalue weighted by Crippen LogP contribution is 2.29. The van der Waals surface area contributed by atoms with Crippen LogP contribution in [0.15, 0.2) is 42.5 Å². The Bertz CT molecular complexity index is 889. The molecule has 2 aromatic rings. The second kappa shape index (κ2) is 9.07. The van der Waals surface area contributed by atoms with Crippen LogP contribution in [0.25, 0.3) is 0 Å². The van der Waals surface area contributed by atoms with E-state index in [4.69, 9.17) is 0 Å². The Kier molecular flexibility index (Phi) is 6.52. The van der Waals surface area contributed by atoms with Crippen LogP contribution in [0.1, 0.15) is 54.1 Å². The van der Waals surface area contributed by atoms with E-state index in [0.717, 1.165) is 24.0 Å². The zero-order valence-corrected chi connectivity index (χ0v) is 17.2. The maximum atomic E-state index is 13.5. The van der Waals surface area contributed by atoms with Crippen molar-refractivity contribution < 1.29 is 14.0 Å². The number of nitrogens with one attached hydrogen (secondary N) is 2. The Morgan fingerprint density at radius 2 is 1.83 bits per heavy atom. The summed E-state index contributed by atoms with van der Waals surface area (Å²) in [5, 5.41) is 5.60. The summed E-state index contributed by atoms with van der Waals surface area (Å²) in [4.78, 5) is 26.8. The topological polar surface area (TPSA) is 61.4 Å². The van der Waals surface area contributed by atoms with Gasteiger partial charge in [0.25, 0.3) is 5.91 Å². The van der Waals surface area contributed by atoms with Gasteiger partial charge in [0.05, 0.1) is 0 Å². The zero-order chi connectivity index (χ0) is 21.0. The quantitative estimate of drug-likeness (QED) is 0.787. The molecule has 2 aromatic carbocycles. The van der Waals surface area contributed by atoms with Crippen molar-refractivity contribution in [2.45, 2.75) is 45.6 Å². The standard InChI is InChI=1S/C23H28FN3O2/c1-15(2)25-23(29)26-21-14-19(8-7-16(21)3)22(28)27-11-9-17(10-12-27)18-5-4-6-20(24)13-18/h4-8,13-15,17H,9-12H2,1-3H3,(H2,25,26,29). The molecule has 0 radical (unpaired) electrons. The summed E-state index contributed by atoms with van der Waals surface area (Å²) >= 11 is 0. The third-order valence-corrected chi connectivity index (χ3v) is 5.25. The van der Waals surface area contributed by atoms with Crippen LogP contribution < -0.4 is 10.6 Å². The zero-order valence-electron chi connectivity index (χ0n) is 17.2. The predicted molar refractivity (Wildman–Crippen MR) is 113 cm³/mol. The fourth-order valence-corrected chi connectivity index (χ4v) is 3.67. The smallest absolute Gasteiger partial charge is 0.319 e. The Labute approximate surface area is 171 Å². The van der Waals surface area contributed by atoms with Gasteiger partial charge in [-0.2, -0.15) is 0 Å². The number of nitrogens with zero attached hydrogens (tertiary/aromatic N) is 1. The van der Waals surface area contributed by atoms with Gasteiger partial charge in [0.1, 0.15) is 5.82 Å². The van der Waals surface area contributed by atoms with E-state index < -0.39 is 0 Å². The molecule has 0 atom stereocenters. The van der Waals surface area contributed by atoms with E-state index in [-0.39, 0.29) is 29.7 Å². The van der Waals surface area contributed by atoms with Gasteiger partial charge in [0, 0.05) is 30.4 Å². The largest absolute Gasteiger partial charge is 0.339 e. The van der Waals surface area contributed by atoms with Crippen LogP contribution in [0, 0.1) is 12.7 Å². The number of aryl methyl sites for hydroxylation is 1. The van der Waals surface area contributed by atoms with Gasteiger partial charge in [-0.25, -0.2) is 9.18 Å². The van der Waals surface area contributed by atoms with Crippen LogP contribution in [-0.4, -0.2) is 36.0 Å². The Morgan fingerprint density at radius 1 is 1.10 bits per heavy atom. The molecule has 1 saturated heterocycles. The molecule has 2 N–H and O–H groups in total. The average molecular weight is 397 g/mol. The minimum atomic E-state index is -0.288. The lowest BCUT2D eigenvalue weighted by Crippen LogP contribution is -2.38. The molecule has 6 heteroatoms. The summed E-state index contributed by atoms with van der Waals surface area (Å²) in [5.41, 5.74) is 3.07. The van der Waals surface area contributed by atoms with Crippen LogP contribution in [0.5, 0.6) is 0 Å². The van der Waals surface area contributed by atoms with Crippen LogP contribution in [0.4, 0.5) is 14.9 Å². The van der Waals surface area contributed by atoms with Gasteiger partial charge in [-0.15, -0.1) is 0 Å². The lowest BCUT2D eigenvalue weighted by molar-refractivity contribution is 0.0713. The molecule has 0 spiro atoms. The van der Waals surface area contributed by atoms with Crippen molar-refractivity contribution in [1.82, 2.24) is 10.2 Å². The van der Waals surface area contributed by atoms with Crippen molar-refractivity contribution in [2.24, 2.45) is 0 Å². The first-order chi connectivity index (χ1) is 13.8. The van der Waals surface area contributed by atoms with E-state index >= 15 is 0 Å². The summed E-state index contributed by atoms with van der Waals surface area (Å²) in [6.45, 7) is 6.93. The van der Waals surface area contributed by atoms with Gasteiger partial charge in [-0.1, -0.05) is 18.2 Å². The van der Waals surface area contributed by atoms with Crippen molar-refractivity contribution in [1.29, 1.82) is 0 Å². The van der Waals surface area contributed by atoms with Gasteiger partial charge in [-0.3, -0.25) is 4.79 Å². The van der Waals surface area contributed by atoms with Gasteiger partial charge in [0.15, 0.2) is 0 Å². The van der Waals surface area contributed by atoms with Crippen molar-refractivity contribution in [3.8, 4) is 0 Å². The number of urea groups is 1. The number of hydrogen-bond acceptors (Lipinski definition) is 2. The number of rotatable bonds is 4. The molecular weight excluding hydrogens is 369 g/mol. The Morgan fingerprint density at radius 3 is 2.48 bits per heavy atom. The summed E-state index contributed by atoms with van der Waals surface area (Å²) in [5.74, 6) is 0.00179. The number of piperidine rings is 1. The van der Waals surface area contributed by atoms with E-state index in [1.807, 2.05) is 37.8 Å². The van der Waals surface area contributed by atoms with Crippen molar-refractivity contribution >= 4 is 17.6 Å². The number of amides is 3. The van der Waals surface area contributed by atoms with Crippen LogP contribution in [0.2, 0.25) is 0 Å². The van der Waals surface area contributed by atoms with Crippen molar-refractivity contribution in [2.75, 3.05) is 18.4 Å². The molecule has 1 aliphatic rings. The fourth-order valence-electron chi connectivity index (χ4n) is 3.67. The van der Waals surface area contributed by atoms with Gasteiger partial charge in [0.2, 0.25) is 0 Å². The molecule has 1 fully saturated rings. The molecule has 0 bridgehead atoms. The third-order valence-electron chi connectivity index (χ3n) is 5.25. The Balaban J connectivity index is 1.65. The summed E-state index contributed by atoms with van der Waals surface area (Å²) in [7, 11) is 0. The third kappa shape index (κ3) is 5.34. The number of benzene rings is 2. The number of likely N-dealkylation sites (tertiary alicyclic amines) is 1. The molecule has 0 saturated carbocycles. The molecular formula is C23H28FN3O2. The lowest BCUT2D eigenvalue weighted by atomic mass is 9.89.